The summed E-state index contributed by atoms with van der Waals surface area (Å²) < 4.78 is 5.26. The molecule has 3 rings (SSSR count). The number of aromatic nitrogens is 2. The first-order valence-electron chi connectivity index (χ1n) is 6.24. The zero-order chi connectivity index (χ0) is 13.2. The molecule has 1 aromatic rings. The number of amides is 2. The van der Waals surface area contributed by atoms with Crippen LogP contribution in [-0.2, 0) is 4.74 Å². The molecule has 0 aromatic carbocycles. The summed E-state index contributed by atoms with van der Waals surface area (Å²) in [6, 6.07) is 0. The van der Waals surface area contributed by atoms with E-state index in [2.05, 4.69) is 14.9 Å². The second-order valence-electron chi connectivity index (χ2n) is 4.47. The van der Waals surface area contributed by atoms with E-state index in [1.807, 2.05) is 0 Å². The molecule has 0 N–H and O–H groups in total. The first-order valence-corrected chi connectivity index (χ1v) is 6.24. The van der Waals surface area contributed by atoms with Crippen LogP contribution in [0.5, 0.6) is 0 Å². The quantitative estimate of drug-likeness (QED) is 0.677. The summed E-state index contributed by atoms with van der Waals surface area (Å²) in [6.45, 7) is 4.10. The molecule has 2 aliphatic heterocycles. The van der Waals surface area contributed by atoms with Crippen LogP contribution in [0.15, 0.2) is 12.4 Å². The fourth-order valence-corrected chi connectivity index (χ4v) is 2.27. The van der Waals surface area contributed by atoms with E-state index in [0.717, 1.165) is 13.1 Å². The van der Waals surface area contributed by atoms with Crippen LogP contribution in [-0.4, -0.2) is 71.0 Å². The zero-order valence-corrected chi connectivity index (χ0v) is 10.4. The van der Waals surface area contributed by atoms with Gasteiger partial charge in [0.15, 0.2) is 11.4 Å². The molecule has 0 atom stereocenters. The molecule has 2 aliphatic rings. The number of nitrogens with zero attached hydrogens (tertiary/aromatic N) is 4. The third kappa shape index (κ3) is 2.22. The Morgan fingerprint density at radius 3 is 2.16 bits per heavy atom. The van der Waals surface area contributed by atoms with Crippen molar-refractivity contribution in [2.45, 2.75) is 0 Å². The zero-order valence-electron chi connectivity index (χ0n) is 10.4. The first kappa shape index (κ1) is 12.2. The lowest BCUT2D eigenvalue weighted by Crippen LogP contribution is -2.43. The fraction of sp³-hybridized carbons (Fsp3) is 0.500. The van der Waals surface area contributed by atoms with E-state index in [9.17, 15) is 9.59 Å². The van der Waals surface area contributed by atoms with Crippen molar-refractivity contribution in [2.24, 2.45) is 0 Å². The highest BCUT2D eigenvalue weighted by atomic mass is 16.5. The molecule has 7 nitrogen and oxygen atoms in total. The number of carbonyl (C=O) groups excluding carboxylic acids is 2. The maximum absolute atomic E-state index is 12.0. The summed E-state index contributed by atoms with van der Waals surface area (Å²) in [6.07, 6.45) is 2.85. The normalized spacial score (nSPS) is 19.9. The van der Waals surface area contributed by atoms with E-state index >= 15 is 0 Å². The summed E-state index contributed by atoms with van der Waals surface area (Å²) in [4.78, 5) is 35.3. The second-order valence-corrected chi connectivity index (χ2v) is 4.47. The SMILES string of the molecule is O=C1c2nccnc2C(=O)N1CCN1CCOCC1. The number of imide groups is 1. The number of rotatable bonds is 3. The Morgan fingerprint density at radius 1 is 1.00 bits per heavy atom. The lowest BCUT2D eigenvalue weighted by molar-refractivity contribution is 0.0324. The summed E-state index contributed by atoms with van der Waals surface area (Å²) in [5.41, 5.74) is 0.323. The molecule has 100 valence electrons. The molecule has 0 bridgehead atoms. The number of morpholine rings is 1. The Morgan fingerprint density at radius 2 is 1.58 bits per heavy atom. The molecule has 0 radical (unpaired) electrons. The van der Waals surface area contributed by atoms with Crippen molar-refractivity contribution >= 4 is 11.8 Å². The van der Waals surface area contributed by atoms with Gasteiger partial charge in [-0.1, -0.05) is 0 Å². The first-order chi connectivity index (χ1) is 9.27. The highest BCUT2D eigenvalue weighted by molar-refractivity contribution is 6.19. The van der Waals surface area contributed by atoms with Crippen LogP contribution in [0.4, 0.5) is 0 Å². The van der Waals surface area contributed by atoms with Gasteiger partial charge < -0.3 is 4.74 Å². The van der Waals surface area contributed by atoms with E-state index in [1.54, 1.807) is 0 Å². The average molecular weight is 262 g/mol. The summed E-state index contributed by atoms with van der Waals surface area (Å²) in [5.74, 6) is -0.692. The second kappa shape index (κ2) is 5.02. The Balaban J connectivity index is 1.67. The topological polar surface area (TPSA) is 75.6 Å². The molecule has 0 spiro atoms. The van der Waals surface area contributed by atoms with E-state index < -0.39 is 0 Å². The molecule has 3 heterocycles. The van der Waals surface area contributed by atoms with Crippen LogP contribution in [0.1, 0.15) is 21.0 Å². The van der Waals surface area contributed by atoms with Gasteiger partial charge in [0.1, 0.15) is 0 Å². The van der Waals surface area contributed by atoms with Crippen molar-refractivity contribution in [1.82, 2.24) is 19.8 Å². The predicted molar refractivity (Wildman–Crippen MR) is 64.7 cm³/mol. The summed E-state index contributed by atoms with van der Waals surface area (Å²) >= 11 is 0. The van der Waals surface area contributed by atoms with Crippen LogP contribution in [0.2, 0.25) is 0 Å². The van der Waals surface area contributed by atoms with Crippen molar-refractivity contribution in [3.05, 3.63) is 23.8 Å². The maximum atomic E-state index is 12.0. The van der Waals surface area contributed by atoms with Crippen molar-refractivity contribution in [3.63, 3.8) is 0 Å². The Labute approximate surface area is 110 Å². The predicted octanol–water partition coefficient (Wildman–Crippen LogP) is -0.595. The molecular formula is C12H14N4O3. The molecule has 0 unspecified atom stereocenters. The van der Waals surface area contributed by atoms with Crippen molar-refractivity contribution in [1.29, 1.82) is 0 Å². The number of fused-ring (bicyclic) bond motifs is 1. The molecule has 1 saturated heterocycles. The highest BCUT2D eigenvalue weighted by Gasteiger charge is 2.37. The van der Waals surface area contributed by atoms with Crippen LogP contribution in [0.3, 0.4) is 0 Å². The molecule has 19 heavy (non-hydrogen) atoms. The van der Waals surface area contributed by atoms with Crippen molar-refractivity contribution in [3.8, 4) is 0 Å². The molecule has 1 aromatic heterocycles. The molecule has 0 saturated carbocycles. The number of hydrogen-bond donors (Lipinski definition) is 0. The smallest absolute Gasteiger partial charge is 0.281 e. The molecule has 2 amide bonds. The van der Waals surface area contributed by atoms with Crippen LogP contribution in [0.25, 0.3) is 0 Å². The molecule has 0 aliphatic carbocycles. The number of hydrogen-bond acceptors (Lipinski definition) is 6. The maximum Gasteiger partial charge on any atom is 0.281 e. The van der Waals surface area contributed by atoms with Crippen molar-refractivity contribution in [2.75, 3.05) is 39.4 Å². The number of carbonyl (C=O) groups is 2. The fourth-order valence-electron chi connectivity index (χ4n) is 2.27. The molecule has 7 heteroatoms. The third-order valence-corrected chi connectivity index (χ3v) is 3.34. The third-order valence-electron chi connectivity index (χ3n) is 3.34. The van der Waals surface area contributed by atoms with E-state index in [1.165, 1.54) is 17.3 Å². The lowest BCUT2D eigenvalue weighted by Gasteiger charge is -2.27. The van der Waals surface area contributed by atoms with Gasteiger partial charge in [0.05, 0.1) is 13.2 Å². The highest BCUT2D eigenvalue weighted by Crippen LogP contribution is 2.17. The Hall–Kier alpha value is -1.86. The summed E-state index contributed by atoms with van der Waals surface area (Å²) in [7, 11) is 0. The minimum atomic E-state index is -0.346. The van der Waals surface area contributed by atoms with Crippen LogP contribution >= 0.6 is 0 Å². The average Bonchev–Trinajstić information content (AvgIpc) is 2.71. The lowest BCUT2D eigenvalue weighted by atomic mass is 10.3. The van der Waals surface area contributed by atoms with Crippen LogP contribution < -0.4 is 0 Å². The van der Waals surface area contributed by atoms with E-state index in [-0.39, 0.29) is 23.2 Å². The van der Waals surface area contributed by atoms with Gasteiger partial charge in [-0.05, 0) is 0 Å². The minimum absolute atomic E-state index is 0.162. The van der Waals surface area contributed by atoms with Crippen LogP contribution in [0, 0.1) is 0 Å². The standard InChI is InChI=1S/C12H14N4O3/c17-11-9-10(14-2-1-13-9)12(18)16(11)4-3-15-5-7-19-8-6-15/h1-2H,3-8H2. The van der Waals surface area contributed by atoms with Gasteiger partial charge in [-0.2, -0.15) is 0 Å². The van der Waals surface area contributed by atoms with Gasteiger partial charge in [0, 0.05) is 38.6 Å². The van der Waals surface area contributed by atoms with Gasteiger partial charge in [-0.15, -0.1) is 0 Å². The van der Waals surface area contributed by atoms with Gasteiger partial charge in [-0.25, -0.2) is 9.97 Å². The van der Waals surface area contributed by atoms with Gasteiger partial charge in [-0.3, -0.25) is 19.4 Å². The molecule has 1 fully saturated rings. The van der Waals surface area contributed by atoms with E-state index in [4.69, 9.17) is 4.74 Å². The largest absolute Gasteiger partial charge is 0.379 e. The minimum Gasteiger partial charge on any atom is -0.379 e. The molecular weight excluding hydrogens is 248 g/mol. The van der Waals surface area contributed by atoms with Gasteiger partial charge in [0.2, 0.25) is 0 Å². The Kier molecular flexibility index (Phi) is 3.22. The number of ether oxygens (including phenoxy) is 1. The van der Waals surface area contributed by atoms with Gasteiger partial charge in [0.25, 0.3) is 11.8 Å². The Bertz CT molecular complexity index is 478. The van der Waals surface area contributed by atoms with E-state index in [0.29, 0.717) is 26.3 Å². The summed E-state index contributed by atoms with van der Waals surface area (Å²) in [5, 5.41) is 0. The monoisotopic (exact) mass is 262 g/mol. The van der Waals surface area contributed by atoms with Gasteiger partial charge >= 0.3 is 0 Å². The van der Waals surface area contributed by atoms with Crippen molar-refractivity contribution < 1.29 is 14.3 Å².